The average molecular weight is 554 g/mol. The summed E-state index contributed by atoms with van der Waals surface area (Å²) in [6, 6.07) is 10.2. The lowest BCUT2D eigenvalue weighted by atomic mass is 10.00. The third-order valence-corrected chi connectivity index (χ3v) is 5.44. The fourth-order valence-corrected chi connectivity index (χ4v) is 3.58. The summed E-state index contributed by atoms with van der Waals surface area (Å²) >= 11 is 0. The quantitative estimate of drug-likeness (QED) is 0.257. The van der Waals surface area contributed by atoms with Crippen molar-refractivity contribution >= 4 is 11.6 Å². The molecular formula is C25H17F7N4O3. The van der Waals surface area contributed by atoms with Crippen LogP contribution < -0.4 is 9.64 Å². The van der Waals surface area contributed by atoms with Gasteiger partial charge < -0.3 is 14.1 Å². The van der Waals surface area contributed by atoms with E-state index in [-0.39, 0.29) is 35.1 Å². The first kappa shape index (κ1) is 27.5. The number of alkyl halides is 6. The van der Waals surface area contributed by atoms with E-state index in [1.807, 2.05) is 0 Å². The molecule has 204 valence electrons. The van der Waals surface area contributed by atoms with Crippen LogP contribution in [-0.2, 0) is 30.1 Å². The molecule has 0 atom stereocenters. The molecule has 4 aromatic rings. The molecular weight excluding hydrogens is 537 g/mol. The van der Waals surface area contributed by atoms with Gasteiger partial charge >= 0.3 is 12.4 Å². The molecule has 0 saturated heterocycles. The molecule has 0 spiro atoms. The fourth-order valence-electron chi connectivity index (χ4n) is 3.58. The smallest absolute Gasteiger partial charge is 0.416 e. The lowest BCUT2D eigenvalue weighted by molar-refractivity contribution is -0.143. The number of halogens is 7. The second-order valence-corrected chi connectivity index (χ2v) is 8.07. The van der Waals surface area contributed by atoms with E-state index in [1.54, 1.807) is 18.2 Å². The molecule has 0 saturated carbocycles. The van der Waals surface area contributed by atoms with E-state index < -0.39 is 53.7 Å². The predicted molar refractivity (Wildman–Crippen MR) is 122 cm³/mol. The van der Waals surface area contributed by atoms with Crippen LogP contribution in [0.4, 0.5) is 36.4 Å². The highest BCUT2D eigenvalue weighted by molar-refractivity contribution is 5.94. The minimum absolute atomic E-state index is 0.0440. The molecule has 0 aliphatic carbocycles. The normalized spacial score (nSPS) is 11.9. The van der Waals surface area contributed by atoms with Gasteiger partial charge in [0.1, 0.15) is 18.1 Å². The van der Waals surface area contributed by atoms with E-state index in [0.29, 0.717) is 12.1 Å². The van der Waals surface area contributed by atoms with E-state index >= 15 is 0 Å². The van der Waals surface area contributed by atoms with Gasteiger partial charge in [0.2, 0.25) is 17.7 Å². The van der Waals surface area contributed by atoms with Crippen molar-refractivity contribution in [3.05, 3.63) is 89.1 Å². The van der Waals surface area contributed by atoms with Gasteiger partial charge in [0.05, 0.1) is 24.7 Å². The molecule has 0 bridgehead atoms. The van der Waals surface area contributed by atoms with Crippen molar-refractivity contribution in [2.24, 2.45) is 0 Å². The van der Waals surface area contributed by atoms with Crippen LogP contribution in [0.2, 0.25) is 0 Å². The topological polar surface area (TPSA) is 81.4 Å². The minimum Gasteiger partial charge on any atom is -0.481 e. The van der Waals surface area contributed by atoms with E-state index in [2.05, 4.69) is 15.2 Å². The minimum atomic E-state index is -5.16. The number of nitrogens with zero attached hydrogens (tertiary/aromatic N) is 4. The van der Waals surface area contributed by atoms with Gasteiger partial charge in [-0.25, -0.2) is 9.37 Å². The van der Waals surface area contributed by atoms with Gasteiger partial charge in [-0.3, -0.25) is 4.79 Å². The van der Waals surface area contributed by atoms with Gasteiger partial charge in [-0.1, -0.05) is 12.1 Å². The van der Waals surface area contributed by atoms with E-state index in [0.717, 1.165) is 17.0 Å². The Bertz CT molecular complexity index is 1470. The van der Waals surface area contributed by atoms with Crippen LogP contribution in [0.3, 0.4) is 0 Å². The highest BCUT2D eigenvalue weighted by atomic mass is 19.4. The first-order valence-electron chi connectivity index (χ1n) is 11.0. The summed E-state index contributed by atoms with van der Waals surface area (Å²) in [5, 5.41) is 7.70. The molecule has 2 heterocycles. The van der Waals surface area contributed by atoms with Crippen LogP contribution in [0, 0.1) is 5.82 Å². The molecule has 0 fully saturated rings. The Morgan fingerprint density at radius 3 is 2.31 bits per heavy atom. The second kappa shape index (κ2) is 10.7. The molecule has 39 heavy (non-hydrogen) atoms. The van der Waals surface area contributed by atoms with E-state index in [9.17, 15) is 35.5 Å². The Labute approximate surface area is 215 Å². The van der Waals surface area contributed by atoms with Crippen LogP contribution in [-0.4, -0.2) is 28.2 Å². The third kappa shape index (κ3) is 6.51. The molecule has 0 N–H and O–H groups in total. The summed E-state index contributed by atoms with van der Waals surface area (Å²) in [5.74, 6) is -1.52. The monoisotopic (exact) mass is 554 g/mol. The molecule has 0 aliphatic heterocycles. The van der Waals surface area contributed by atoms with Gasteiger partial charge in [0.25, 0.3) is 5.89 Å². The van der Waals surface area contributed by atoms with Gasteiger partial charge in [0, 0.05) is 11.8 Å². The standard InChI is InChI=1S/C25H17F7N4O3/c1-38-20-4-2-3-19(33-20)23-35-34-21(39-23)13-36(17-9-7-16(26)8-10-17)22(37)11-14-5-6-15(24(27,28)29)12-18(14)25(30,31)32/h2-10,12H,11,13H2,1H3. The first-order chi connectivity index (χ1) is 18.3. The Hall–Kier alpha value is -4.49. The molecule has 1 amide bonds. The number of methoxy groups -OCH3 is 1. The number of hydrogen-bond donors (Lipinski definition) is 0. The highest BCUT2D eigenvalue weighted by Crippen LogP contribution is 2.38. The Morgan fingerprint density at radius 1 is 0.949 bits per heavy atom. The number of ether oxygens (including phenoxy) is 1. The summed E-state index contributed by atoms with van der Waals surface area (Å²) in [6.45, 7) is -0.441. The molecule has 0 radical (unpaired) electrons. The zero-order valence-electron chi connectivity index (χ0n) is 19.8. The zero-order valence-corrected chi connectivity index (χ0v) is 19.8. The van der Waals surface area contributed by atoms with Gasteiger partial charge in [-0.15, -0.1) is 10.2 Å². The Kier molecular flexibility index (Phi) is 7.56. The highest BCUT2D eigenvalue weighted by Gasteiger charge is 2.38. The van der Waals surface area contributed by atoms with Gasteiger partial charge in [-0.05, 0) is 48.0 Å². The van der Waals surface area contributed by atoms with Crippen molar-refractivity contribution in [1.82, 2.24) is 15.2 Å². The maximum Gasteiger partial charge on any atom is 0.416 e. The number of amides is 1. The molecule has 2 aromatic heterocycles. The summed E-state index contributed by atoms with van der Waals surface area (Å²) in [7, 11) is 1.40. The fraction of sp³-hybridized carbons (Fsp3) is 0.200. The van der Waals surface area contributed by atoms with Crippen molar-refractivity contribution < 1.29 is 44.7 Å². The van der Waals surface area contributed by atoms with Gasteiger partial charge in [0.15, 0.2) is 0 Å². The average Bonchev–Trinajstić information content (AvgIpc) is 3.35. The predicted octanol–water partition coefficient (Wildman–Crippen LogP) is 6.09. The number of pyridine rings is 1. The molecule has 2 aromatic carbocycles. The van der Waals surface area contributed by atoms with E-state index in [1.165, 1.54) is 19.2 Å². The molecule has 4 rings (SSSR count). The van der Waals surface area contributed by atoms with Crippen molar-refractivity contribution in [2.75, 3.05) is 12.0 Å². The molecule has 14 heteroatoms. The Balaban J connectivity index is 1.66. The maximum absolute atomic E-state index is 13.6. The number of aromatic nitrogens is 3. The van der Waals surface area contributed by atoms with Crippen molar-refractivity contribution in [2.45, 2.75) is 25.3 Å². The van der Waals surface area contributed by atoms with Crippen molar-refractivity contribution in [3.8, 4) is 17.5 Å². The second-order valence-electron chi connectivity index (χ2n) is 8.07. The summed E-state index contributed by atoms with van der Waals surface area (Å²) in [5.41, 5.74) is -3.48. The summed E-state index contributed by atoms with van der Waals surface area (Å²) in [6.07, 6.45) is -11.1. The van der Waals surface area contributed by atoms with Crippen molar-refractivity contribution in [3.63, 3.8) is 0 Å². The van der Waals surface area contributed by atoms with Crippen LogP contribution in [0.25, 0.3) is 11.6 Å². The van der Waals surface area contributed by atoms with Crippen LogP contribution >= 0.6 is 0 Å². The number of benzene rings is 2. The largest absolute Gasteiger partial charge is 0.481 e. The van der Waals surface area contributed by atoms with Crippen molar-refractivity contribution in [1.29, 1.82) is 0 Å². The maximum atomic E-state index is 13.6. The SMILES string of the molecule is COc1cccc(-c2nnc(CN(C(=O)Cc3ccc(C(F)(F)F)cc3C(F)(F)F)c3ccc(F)cc3)o2)n1. The number of anilines is 1. The lowest BCUT2D eigenvalue weighted by Crippen LogP contribution is -2.32. The van der Waals surface area contributed by atoms with Crippen LogP contribution in [0.1, 0.15) is 22.6 Å². The number of carbonyl (C=O) groups is 1. The summed E-state index contributed by atoms with van der Waals surface area (Å²) in [4.78, 5) is 18.3. The number of carbonyl (C=O) groups excluding carboxylic acids is 1. The zero-order chi connectivity index (χ0) is 28.4. The molecule has 7 nitrogen and oxygen atoms in total. The van der Waals surface area contributed by atoms with E-state index in [4.69, 9.17) is 9.15 Å². The first-order valence-corrected chi connectivity index (χ1v) is 11.0. The summed E-state index contributed by atoms with van der Waals surface area (Å²) < 4.78 is 104. The van der Waals surface area contributed by atoms with Gasteiger partial charge in [-0.2, -0.15) is 26.3 Å². The number of hydrogen-bond acceptors (Lipinski definition) is 6. The molecule has 0 unspecified atom stereocenters. The number of rotatable bonds is 7. The molecule has 0 aliphatic rings. The van der Waals surface area contributed by atoms with Crippen LogP contribution in [0.5, 0.6) is 5.88 Å². The van der Waals surface area contributed by atoms with Crippen LogP contribution in [0.15, 0.2) is 65.1 Å². The Morgan fingerprint density at radius 2 is 1.67 bits per heavy atom. The lowest BCUT2D eigenvalue weighted by Gasteiger charge is -2.23. The third-order valence-electron chi connectivity index (χ3n) is 5.44.